The molecule has 5 nitrogen and oxygen atoms in total. The molecule has 0 unspecified atom stereocenters. The molecule has 0 amide bonds. The maximum absolute atomic E-state index is 6.44. The largest absolute Gasteiger partial charge is 0.457 e. The molecular weight excluding hydrogens is 523 g/mol. The third kappa shape index (κ3) is 5.41. The van der Waals surface area contributed by atoms with Gasteiger partial charge in [0.25, 0.3) is 0 Å². The fourth-order valence-electron chi connectivity index (χ4n) is 4.67. The van der Waals surface area contributed by atoms with E-state index in [0.717, 1.165) is 44.2 Å². The zero-order chi connectivity index (χ0) is 26.8. The standard InChI is InChI=1S/C32H27N3O2S2/c1-21-10-16-25(17-11-21)39-29-19-18-28(37-29)31-30(26-8-5-6-20-33-26)34-32(38)35(31)23-12-14-24(15-13-23)36-27-9-4-3-7-22(27)2/h3-20,30-31H,1-2H3,(H,34,38)/t30-,31+/m0/s1. The van der Waals surface area contributed by atoms with Crippen LogP contribution in [-0.4, -0.2) is 10.1 Å². The van der Waals surface area contributed by atoms with Gasteiger partial charge < -0.3 is 19.4 Å². The van der Waals surface area contributed by atoms with Gasteiger partial charge >= 0.3 is 0 Å². The summed E-state index contributed by atoms with van der Waals surface area (Å²) in [5, 5.41) is 4.94. The van der Waals surface area contributed by atoms with E-state index in [1.54, 1.807) is 18.0 Å². The number of aromatic nitrogens is 1. The maximum atomic E-state index is 6.44. The quantitative estimate of drug-likeness (QED) is 0.205. The molecule has 0 bridgehead atoms. The molecular formula is C32H27N3O2S2. The lowest BCUT2D eigenvalue weighted by Crippen LogP contribution is -2.29. The summed E-state index contributed by atoms with van der Waals surface area (Å²) in [4.78, 5) is 7.87. The summed E-state index contributed by atoms with van der Waals surface area (Å²) in [6, 6.07) is 34.0. The molecule has 2 aromatic heterocycles. The molecule has 6 rings (SSSR count). The first-order chi connectivity index (χ1) is 19.0. The van der Waals surface area contributed by atoms with Crippen molar-refractivity contribution in [2.75, 3.05) is 4.90 Å². The molecule has 1 aliphatic rings. The van der Waals surface area contributed by atoms with Gasteiger partial charge in [0.15, 0.2) is 10.2 Å². The van der Waals surface area contributed by atoms with Crippen LogP contribution in [0.15, 0.2) is 124 Å². The number of furan rings is 1. The molecule has 0 radical (unpaired) electrons. The first kappa shape index (κ1) is 25.2. The van der Waals surface area contributed by atoms with Crippen LogP contribution in [0.2, 0.25) is 0 Å². The normalized spacial score (nSPS) is 16.8. The lowest BCUT2D eigenvalue weighted by molar-refractivity contribution is 0.383. The van der Waals surface area contributed by atoms with Gasteiger partial charge in [-0.3, -0.25) is 4.98 Å². The van der Waals surface area contributed by atoms with E-state index in [4.69, 9.17) is 21.4 Å². The molecule has 0 saturated carbocycles. The van der Waals surface area contributed by atoms with Gasteiger partial charge in [0.1, 0.15) is 23.3 Å². The molecule has 1 saturated heterocycles. The predicted octanol–water partition coefficient (Wildman–Crippen LogP) is 8.41. The highest BCUT2D eigenvalue weighted by atomic mass is 32.2. The van der Waals surface area contributed by atoms with Crippen molar-refractivity contribution in [2.24, 2.45) is 0 Å². The van der Waals surface area contributed by atoms with Crippen molar-refractivity contribution in [1.82, 2.24) is 10.3 Å². The van der Waals surface area contributed by atoms with E-state index in [0.29, 0.717) is 5.11 Å². The van der Waals surface area contributed by atoms with E-state index >= 15 is 0 Å². The van der Waals surface area contributed by atoms with Crippen LogP contribution < -0.4 is 15.0 Å². The highest BCUT2D eigenvalue weighted by Gasteiger charge is 2.42. The number of benzene rings is 3. The summed E-state index contributed by atoms with van der Waals surface area (Å²) in [6.45, 7) is 4.12. The van der Waals surface area contributed by atoms with E-state index in [2.05, 4.69) is 46.4 Å². The molecule has 0 aliphatic carbocycles. The van der Waals surface area contributed by atoms with Crippen LogP contribution in [-0.2, 0) is 0 Å². The van der Waals surface area contributed by atoms with Crippen molar-refractivity contribution in [1.29, 1.82) is 0 Å². The maximum Gasteiger partial charge on any atom is 0.174 e. The second kappa shape index (κ2) is 11.0. The highest BCUT2D eigenvalue weighted by Crippen LogP contribution is 2.44. The molecule has 5 aromatic rings. The van der Waals surface area contributed by atoms with Crippen LogP contribution in [0, 0.1) is 13.8 Å². The fourth-order valence-corrected chi connectivity index (χ4v) is 5.79. The number of anilines is 1. The Hall–Kier alpha value is -4.07. The highest BCUT2D eigenvalue weighted by molar-refractivity contribution is 7.99. The Morgan fingerprint density at radius 2 is 1.64 bits per heavy atom. The Morgan fingerprint density at radius 1 is 0.872 bits per heavy atom. The van der Waals surface area contributed by atoms with Gasteiger partial charge in [0.2, 0.25) is 0 Å². The van der Waals surface area contributed by atoms with Crippen molar-refractivity contribution >= 4 is 34.8 Å². The van der Waals surface area contributed by atoms with Gasteiger partial charge in [0.05, 0.1) is 11.7 Å². The first-order valence-electron chi connectivity index (χ1n) is 12.7. The minimum atomic E-state index is -0.220. The van der Waals surface area contributed by atoms with Crippen LogP contribution in [0.3, 0.4) is 0 Å². The van der Waals surface area contributed by atoms with Gasteiger partial charge in [0, 0.05) is 16.8 Å². The van der Waals surface area contributed by atoms with Crippen molar-refractivity contribution in [3.63, 3.8) is 0 Å². The number of para-hydroxylation sites is 1. The molecule has 194 valence electrons. The van der Waals surface area contributed by atoms with Gasteiger partial charge in [-0.2, -0.15) is 0 Å². The average Bonchev–Trinajstić information content (AvgIpc) is 3.56. The van der Waals surface area contributed by atoms with Crippen molar-refractivity contribution in [3.05, 3.63) is 132 Å². The average molecular weight is 550 g/mol. The molecule has 3 heterocycles. The Labute approximate surface area is 237 Å². The first-order valence-corrected chi connectivity index (χ1v) is 14.0. The number of hydrogen-bond acceptors (Lipinski definition) is 5. The van der Waals surface area contributed by atoms with Gasteiger partial charge in [-0.05, 0) is 98.4 Å². The smallest absolute Gasteiger partial charge is 0.174 e. The Morgan fingerprint density at radius 3 is 2.38 bits per heavy atom. The summed E-state index contributed by atoms with van der Waals surface area (Å²) >= 11 is 7.47. The van der Waals surface area contributed by atoms with Crippen LogP contribution in [0.25, 0.3) is 0 Å². The van der Waals surface area contributed by atoms with E-state index < -0.39 is 0 Å². The van der Waals surface area contributed by atoms with Crippen LogP contribution in [0.5, 0.6) is 11.5 Å². The summed E-state index contributed by atoms with van der Waals surface area (Å²) < 4.78 is 12.6. The summed E-state index contributed by atoms with van der Waals surface area (Å²) in [5.74, 6) is 2.41. The minimum Gasteiger partial charge on any atom is -0.457 e. The SMILES string of the molecule is Cc1ccc(Sc2ccc([C@@H]3[C@H](c4ccccn4)NC(=S)N3c3ccc(Oc4ccccc4C)cc3)o2)cc1. The number of aryl methyl sites for hydroxylation is 2. The van der Waals surface area contributed by atoms with Gasteiger partial charge in [-0.15, -0.1) is 0 Å². The molecule has 1 fully saturated rings. The van der Waals surface area contributed by atoms with Crippen LogP contribution in [0.1, 0.15) is 34.7 Å². The number of rotatable bonds is 7. The topological polar surface area (TPSA) is 50.5 Å². The van der Waals surface area contributed by atoms with Gasteiger partial charge in [-0.1, -0.05) is 53.7 Å². The van der Waals surface area contributed by atoms with E-state index in [1.807, 2.05) is 85.8 Å². The van der Waals surface area contributed by atoms with Crippen molar-refractivity contribution in [3.8, 4) is 11.5 Å². The second-order valence-corrected chi connectivity index (χ2v) is 10.9. The predicted molar refractivity (Wildman–Crippen MR) is 160 cm³/mol. The second-order valence-electron chi connectivity index (χ2n) is 9.43. The molecule has 0 spiro atoms. The summed E-state index contributed by atoms with van der Waals surface area (Å²) in [7, 11) is 0. The lowest BCUT2D eigenvalue weighted by Gasteiger charge is -2.26. The summed E-state index contributed by atoms with van der Waals surface area (Å²) in [5.41, 5.74) is 4.16. The van der Waals surface area contributed by atoms with E-state index in [1.165, 1.54) is 5.56 Å². The molecule has 1 aliphatic heterocycles. The number of nitrogens with one attached hydrogen (secondary N) is 1. The lowest BCUT2D eigenvalue weighted by atomic mass is 10.0. The summed E-state index contributed by atoms with van der Waals surface area (Å²) in [6.07, 6.45) is 1.80. The molecule has 7 heteroatoms. The molecule has 39 heavy (non-hydrogen) atoms. The minimum absolute atomic E-state index is 0.176. The molecule has 1 N–H and O–H groups in total. The number of ether oxygens (including phenoxy) is 1. The molecule has 2 atom stereocenters. The number of thiocarbonyl (C=S) groups is 1. The third-order valence-corrected chi connectivity index (χ3v) is 7.91. The van der Waals surface area contributed by atoms with Crippen molar-refractivity contribution < 1.29 is 9.15 Å². The number of pyridine rings is 1. The van der Waals surface area contributed by atoms with Crippen LogP contribution in [0.4, 0.5) is 5.69 Å². The Kier molecular flexibility index (Phi) is 7.09. The van der Waals surface area contributed by atoms with E-state index in [-0.39, 0.29) is 12.1 Å². The number of nitrogens with zero attached hydrogens (tertiary/aromatic N) is 2. The fraction of sp³-hybridized carbons (Fsp3) is 0.125. The Bertz CT molecular complexity index is 1580. The zero-order valence-corrected chi connectivity index (χ0v) is 23.2. The number of hydrogen-bond donors (Lipinski definition) is 1. The third-order valence-electron chi connectivity index (χ3n) is 6.67. The molecule has 3 aromatic carbocycles. The van der Waals surface area contributed by atoms with Crippen molar-refractivity contribution in [2.45, 2.75) is 35.9 Å². The monoisotopic (exact) mass is 549 g/mol. The van der Waals surface area contributed by atoms with E-state index in [9.17, 15) is 0 Å². The zero-order valence-electron chi connectivity index (χ0n) is 21.6. The Balaban J connectivity index is 1.31. The van der Waals surface area contributed by atoms with Crippen LogP contribution >= 0.6 is 24.0 Å². The van der Waals surface area contributed by atoms with Gasteiger partial charge in [-0.25, -0.2) is 0 Å².